The molecule has 3 unspecified atom stereocenters. The molecule has 3 fully saturated rings. The van der Waals surface area contributed by atoms with Crippen molar-refractivity contribution in [2.75, 3.05) is 26.2 Å². The Morgan fingerprint density at radius 2 is 1.92 bits per heavy atom. The van der Waals surface area contributed by atoms with Gasteiger partial charge in [-0.15, -0.1) is 11.3 Å². The highest BCUT2D eigenvalue weighted by Gasteiger charge is 2.41. The van der Waals surface area contributed by atoms with Gasteiger partial charge >= 0.3 is 0 Å². The molecule has 1 aromatic heterocycles. The minimum atomic E-state index is -3.44. The Morgan fingerprint density at radius 1 is 1.16 bits per heavy atom. The molecule has 2 bridgehead atoms. The molecular formula is C17H23BrN2O3S2. The van der Waals surface area contributed by atoms with Gasteiger partial charge in [-0.3, -0.25) is 4.79 Å². The van der Waals surface area contributed by atoms with Crippen molar-refractivity contribution in [3.05, 3.63) is 15.9 Å². The number of rotatable bonds is 4. The average molecular weight is 447 g/mol. The molecule has 0 radical (unpaired) electrons. The molecule has 2 saturated carbocycles. The third kappa shape index (κ3) is 3.55. The van der Waals surface area contributed by atoms with Crippen LogP contribution in [0.25, 0.3) is 0 Å². The number of thiophene rings is 1. The Bertz CT molecular complexity index is 756. The first-order chi connectivity index (χ1) is 11.9. The summed E-state index contributed by atoms with van der Waals surface area (Å²) in [4.78, 5) is 14.5. The number of fused-ring (bicyclic) bond motifs is 2. The average Bonchev–Trinajstić information content (AvgIpc) is 3.32. The topological polar surface area (TPSA) is 57.7 Å². The molecule has 2 aliphatic carbocycles. The number of sulfonamides is 1. The van der Waals surface area contributed by atoms with Crippen molar-refractivity contribution in [1.82, 2.24) is 9.21 Å². The van der Waals surface area contributed by atoms with Crippen molar-refractivity contribution in [3.8, 4) is 0 Å². The Kier molecular flexibility index (Phi) is 4.98. The number of hydrogen-bond donors (Lipinski definition) is 0. The summed E-state index contributed by atoms with van der Waals surface area (Å²) in [7, 11) is -3.44. The number of amides is 1. The predicted molar refractivity (Wildman–Crippen MR) is 101 cm³/mol. The summed E-state index contributed by atoms with van der Waals surface area (Å²) in [5, 5.41) is 0. The van der Waals surface area contributed by atoms with Gasteiger partial charge in [0, 0.05) is 32.6 Å². The summed E-state index contributed by atoms with van der Waals surface area (Å²) in [6.45, 7) is 1.79. The lowest BCUT2D eigenvalue weighted by Gasteiger charge is -2.34. The molecule has 0 N–H and O–H groups in total. The number of piperazine rings is 1. The molecule has 3 aliphatic rings. The first kappa shape index (κ1) is 17.9. The summed E-state index contributed by atoms with van der Waals surface area (Å²) in [6, 6.07) is 3.39. The van der Waals surface area contributed by atoms with E-state index in [2.05, 4.69) is 15.9 Å². The van der Waals surface area contributed by atoms with E-state index in [0.29, 0.717) is 42.7 Å². The molecule has 3 atom stereocenters. The lowest BCUT2D eigenvalue weighted by atomic mass is 9.86. The van der Waals surface area contributed by atoms with E-state index in [4.69, 9.17) is 0 Å². The van der Waals surface area contributed by atoms with Crippen LogP contribution in [0.3, 0.4) is 0 Å². The second-order valence-corrected chi connectivity index (χ2v) is 12.1. The van der Waals surface area contributed by atoms with Gasteiger partial charge in [-0.2, -0.15) is 4.31 Å². The van der Waals surface area contributed by atoms with Crippen LogP contribution in [0.5, 0.6) is 0 Å². The summed E-state index contributed by atoms with van der Waals surface area (Å²) < 4.78 is 28.0. The number of halogens is 1. The van der Waals surface area contributed by atoms with Crippen LogP contribution in [-0.4, -0.2) is 49.7 Å². The van der Waals surface area contributed by atoms with Gasteiger partial charge in [0.25, 0.3) is 10.0 Å². The van der Waals surface area contributed by atoms with E-state index in [1.54, 1.807) is 12.1 Å². The van der Waals surface area contributed by atoms with Crippen LogP contribution in [0.1, 0.15) is 32.1 Å². The maximum Gasteiger partial charge on any atom is 0.252 e. The Hall–Kier alpha value is -0.440. The highest BCUT2D eigenvalue weighted by Crippen LogP contribution is 2.49. The highest BCUT2D eigenvalue weighted by atomic mass is 79.9. The SMILES string of the molecule is O=C(CC1CC2CCC1C2)N1CCN(S(=O)(=O)c2ccc(Br)s2)CC1. The fraction of sp³-hybridized carbons (Fsp3) is 0.706. The minimum Gasteiger partial charge on any atom is -0.340 e. The minimum absolute atomic E-state index is 0.216. The maximum absolute atomic E-state index is 12.7. The number of carbonyl (C=O) groups excluding carboxylic acids is 1. The molecule has 8 heteroatoms. The van der Waals surface area contributed by atoms with E-state index >= 15 is 0 Å². The number of carbonyl (C=O) groups is 1. The van der Waals surface area contributed by atoms with E-state index in [-0.39, 0.29) is 5.91 Å². The molecule has 0 spiro atoms. The van der Waals surface area contributed by atoms with Gasteiger partial charge in [-0.1, -0.05) is 6.42 Å². The zero-order valence-electron chi connectivity index (χ0n) is 14.1. The van der Waals surface area contributed by atoms with Crippen LogP contribution in [0, 0.1) is 17.8 Å². The van der Waals surface area contributed by atoms with Crippen LogP contribution < -0.4 is 0 Å². The second kappa shape index (κ2) is 6.94. The quantitative estimate of drug-likeness (QED) is 0.713. The first-order valence-electron chi connectivity index (χ1n) is 8.97. The normalized spacial score (nSPS) is 30.1. The van der Waals surface area contributed by atoms with Gasteiger partial charge in [0.2, 0.25) is 5.91 Å². The van der Waals surface area contributed by atoms with Crippen molar-refractivity contribution in [2.45, 2.75) is 36.3 Å². The molecule has 4 rings (SSSR count). The zero-order valence-corrected chi connectivity index (χ0v) is 17.3. The van der Waals surface area contributed by atoms with Crippen molar-refractivity contribution in [3.63, 3.8) is 0 Å². The van der Waals surface area contributed by atoms with Crippen LogP contribution in [0.2, 0.25) is 0 Å². The molecule has 25 heavy (non-hydrogen) atoms. The number of nitrogens with zero attached hydrogens (tertiary/aromatic N) is 2. The summed E-state index contributed by atoms with van der Waals surface area (Å²) in [5.74, 6) is 2.40. The lowest BCUT2D eigenvalue weighted by molar-refractivity contribution is -0.133. The lowest BCUT2D eigenvalue weighted by Crippen LogP contribution is -2.50. The molecule has 1 amide bonds. The van der Waals surface area contributed by atoms with Crippen molar-refractivity contribution in [2.24, 2.45) is 17.8 Å². The molecular weight excluding hydrogens is 424 g/mol. The molecule has 2 heterocycles. The zero-order chi connectivity index (χ0) is 17.6. The summed E-state index contributed by atoms with van der Waals surface area (Å²) >= 11 is 4.55. The van der Waals surface area contributed by atoms with Gasteiger partial charge in [-0.25, -0.2) is 8.42 Å². The van der Waals surface area contributed by atoms with Crippen LogP contribution in [0.4, 0.5) is 0 Å². The van der Waals surface area contributed by atoms with Crippen molar-refractivity contribution in [1.29, 1.82) is 0 Å². The van der Waals surface area contributed by atoms with E-state index < -0.39 is 10.0 Å². The largest absolute Gasteiger partial charge is 0.340 e. The molecule has 5 nitrogen and oxygen atoms in total. The maximum atomic E-state index is 12.7. The summed E-state index contributed by atoms with van der Waals surface area (Å²) in [6.07, 6.45) is 5.85. The van der Waals surface area contributed by atoms with Crippen LogP contribution >= 0.6 is 27.3 Å². The molecule has 138 valence electrons. The fourth-order valence-electron chi connectivity index (χ4n) is 4.72. The van der Waals surface area contributed by atoms with Gasteiger partial charge in [0.1, 0.15) is 4.21 Å². The van der Waals surface area contributed by atoms with Gasteiger partial charge < -0.3 is 4.90 Å². The van der Waals surface area contributed by atoms with E-state index in [0.717, 1.165) is 15.6 Å². The molecule has 1 aliphatic heterocycles. The Morgan fingerprint density at radius 3 is 2.48 bits per heavy atom. The smallest absolute Gasteiger partial charge is 0.252 e. The van der Waals surface area contributed by atoms with Crippen molar-refractivity contribution < 1.29 is 13.2 Å². The van der Waals surface area contributed by atoms with Crippen LogP contribution in [0.15, 0.2) is 20.1 Å². The van der Waals surface area contributed by atoms with Gasteiger partial charge in [-0.05, 0) is 65.1 Å². The van der Waals surface area contributed by atoms with Crippen LogP contribution in [-0.2, 0) is 14.8 Å². The highest BCUT2D eigenvalue weighted by molar-refractivity contribution is 9.11. The molecule has 1 saturated heterocycles. The standard InChI is InChI=1S/C17H23BrN2O3S2/c18-15-3-4-17(24-15)25(22,23)20-7-5-19(6-8-20)16(21)11-14-10-12-1-2-13(14)9-12/h3-4,12-14H,1-2,5-11H2. The fourth-order valence-corrected chi connectivity index (χ4v) is 8.31. The van der Waals surface area contributed by atoms with Gasteiger partial charge in [0.05, 0.1) is 3.79 Å². The Balaban J connectivity index is 1.33. The Labute approximate surface area is 161 Å². The van der Waals surface area contributed by atoms with E-state index in [1.165, 1.54) is 41.3 Å². The first-order valence-corrected chi connectivity index (χ1v) is 12.0. The van der Waals surface area contributed by atoms with Crippen molar-refractivity contribution >= 4 is 43.2 Å². The molecule has 1 aromatic rings. The van der Waals surface area contributed by atoms with E-state index in [9.17, 15) is 13.2 Å². The third-order valence-corrected chi connectivity index (χ3v) is 10.0. The van der Waals surface area contributed by atoms with E-state index in [1.807, 2.05) is 4.90 Å². The third-order valence-electron chi connectivity index (χ3n) is 6.06. The molecule has 0 aromatic carbocycles. The van der Waals surface area contributed by atoms with Gasteiger partial charge in [0.15, 0.2) is 0 Å². The predicted octanol–water partition coefficient (Wildman–Crippen LogP) is 3.17. The second-order valence-electron chi connectivity index (χ2n) is 7.48. The monoisotopic (exact) mass is 446 g/mol. The number of hydrogen-bond acceptors (Lipinski definition) is 4. The summed E-state index contributed by atoms with van der Waals surface area (Å²) in [5.41, 5.74) is 0.